The summed E-state index contributed by atoms with van der Waals surface area (Å²) in [6, 6.07) is 8.37. The van der Waals surface area contributed by atoms with Crippen LogP contribution in [-0.4, -0.2) is 30.4 Å². The van der Waals surface area contributed by atoms with Crippen molar-refractivity contribution in [2.24, 2.45) is 22.4 Å². The summed E-state index contributed by atoms with van der Waals surface area (Å²) >= 11 is 6.54. The third kappa shape index (κ3) is 3.22. The first-order chi connectivity index (χ1) is 15.0. The highest BCUT2D eigenvalue weighted by atomic mass is 35.5. The van der Waals surface area contributed by atoms with E-state index in [-0.39, 0.29) is 11.2 Å². The molecule has 0 aromatic heterocycles. The topological polar surface area (TPSA) is 58.9 Å². The zero-order chi connectivity index (χ0) is 21.8. The van der Waals surface area contributed by atoms with Gasteiger partial charge in [-0.05, 0) is 78.0 Å². The Morgan fingerprint density at radius 2 is 1.90 bits per heavy atom. The van der Waals surface area contributed by atoms with Crippen molar-refractivity contribution in [1.82, 2.24) is 0 Å². The van der Waals surface area contributed by atoms with Crippen LogP contribution in [0, 0.1) is 17.3 Å². The maximum absolute atomic E-state index is 12.3. The lowest BCUT2D eigenvalue weighted by Crippen LogP contribution is -2.45. The van der Waals surface area contributed by atoms with Crippen LogP contribution in [0.15, 0.2) is 51.2 Å². The molecular weight excluding hydrogens is 410 g/mol. The molecule has 0 heterocycles. The van der Waals surface area contributed by atoms with Gasteiger partial charge in [0.25, 0.3) is 0 Å². The Balaban J connectivity index is 1.66. The van der Waals surface area contributed by atoms with Crippen LogP contribution in [0.4, 0.5) is 0 Å². The van der Waals surface area contributed by atoms with Gasteiger partial charge in [0.05, 0.1) is 17.4 Å². The molecule has 1 aromatic carbocycles. The van der Waals surface area contributed by atoms with Crippen molar-refractivity contribution in [3.8, 4) is 0 Å². The molecule has 1 N–H and O–H groups in total. The fourth-order valence-electron chi connectivity index (χ4n) is 7.23. The van der Waals surface area contributed by atoms with E-state index in [9.17, 15) is 4.79 Å². The first-order valence-electron chi connectivity index (χ1n) is 11.4. The lowest BCUT2D eigenvalue weighted by atomic mass is 9.53. The first-order valence-corrected chi connectivity index (χ1v) is 11.8. The van der Waals surface area contributed by atoms with Gasteiger partial charge in [-0.2, -0.15) is 0 Å². The first kappa shape index (κ1) is 21.0. The molecular formula is C26H30ClNO3. The molecule has 4 aliphatic carbocycles. The molecule has 0 radical (unpaired) electrons. The number of halogens is 1. The van der Waals surface area contributed by atoms with Crippen LogP contribution in [0.1, 0.15) is 68.9 Å². The largest absolute Gasteiger partial charge is 0.411 e. The molecule has 164 valence electrons. The number of nitrogens with zero attached hydrogens (tertiary/aromatic N) is 1. The SMILES string of the molecule is CO[C@H]1CCC2C3CCC4=C(Cl)C(=O)CCC4=C3[C@@H](c3ccc(/C=N/O)cc3)C[C@@]21C. The number of carbonyl (C=O) groups excluding carboxylic acids is 1. The number of benzene rings is 1. The minimum absolute atomic E-state index is 0.102. The molecule has 2 saturated carbocycles. The maximum Gasteiger partial charge on any atom is 0.174 e. The second kappa shape index (κ2) is 7.90. The van der Waals surface area contributed by atoms with Gasteiger partial charge in [-0.15, -0.1) is 0 Å². The van der Waals surface area contributed by atoms with E-state index in [2.05, 4.69) is 24.2 Å². The normalized spacial score (nSPS) is 35.4. The molecule has 5 rings (SSSR count). The molecule has 0 saturated heterocycles. The van der Waals surface area contributed by atoms with Crippen molar-refractivity contribution in [3.05, 3.63) is 57.1 Å². The second-order valence-corrected chi connectivity index (χ2v) is 10.3. The number of hydrogen-bond acceptors (Lipinski definition) is 4. The van der Waals surface area contributed by atoms with Crippen molar-refractivity contribution < 1.29 is 14.7 Å². The molecule has 4 nitrogen and oxygen atoms in total. The van der Waals surface area contributed by atoms with Gasteiger partial charge < -0.3 is 9.94 Å². The van der Waals surface area contributed by atoms with E-state index in [0.717, 1.165) is 43.2 Å². The number of fused-ring (bicyclic) bond motifs is 4. The van der Waals surface area contributed by atoms with Gasteiger partial charge in [0.2, 0.25) is 0 Å². The highest BCUT2D eigenvalue weighted by Gasteiger charge is 2.57. The highest BCUT2D eigenvalue weighted by Crippen LogP contribution is 2.64. The van der Waals surface area contributed by atoms with Crippen molar-refractivity contribution in [2.45, 2.75) is 63.9 Å². The average molecular weight is 440 g/mol. The van der Waals surface area contributed by atoms with Crippen molar-refractivity contribution in [1.29, 1.82) is 0 Å². The summed E-state index contributed by atoms with van der Waals surface area (Å²) in [7, 11) is 1.86. The molecule has 1 aromatic rings. The number of hydrogen-bond donors (Lipinski definition) is 1. The van der Waals surface area contributed by atoms with E-state index in [1.54, 1.807) is 0 Å². The Morgan fingerprint density at radius 1 is 1.13 bits per heavy atom. The molecule has 2 unspecified atom stereocenters. The maximum atomic E-state index is 12.3. The standard InChI is InChI=1S/C26H30ClNO3/c1-26-13-20(16-5-3-15(4-6-16)14-28-30)24-17-9-11-22(29)25(27)18(17)7-8-19(24)21(26)10-12-23(26)31-2/h3-6,14,19-21,23,30H,7-13H2,1-2H3/b28-14+/t19?,20-,21?,23+,26+/m1/s1. The van der Waals surface area contributed by atoms with E-state index in [1.807, 2.05) is 19.2 Å². The third-order valence-electron chi connectivity index (χ3n) is 8.59. The average Bonchev–Trinajstić information content (AvgIpc) is 3.12. The molecule has 31 heavy (non-hydrogen) atoms. The number of Topliss-reactive ketones (excluding diaryl/α,β-unsaturated/α-hetero) is 1. The minimum atomic E-state index is 0.102. The highest BCUT2D eigenvalue weighted by molar-refractivity contribution is 6.43. The van der Waals surface area contributed by atoms with Gasteiger partial charge >= 0.3 is 0 Å². The predicted molar refractivity (Wildman–Crippen MR) is 122 cm³/mol. The molecule has 0 spiro atoms. The quantitative estimate of drug-likeness (QED) is 0.358. The number of carbonyl (C=O) groups is 1. The molecule has 0 amide bonds. The zero-order valence-corrected chi connectivity index (χ0v) is 19.0. The summed E-state index contributed by atoms with van der Waals surface area (Å²) in [5.74, 6) is 1.55. The minimum Gasteiger partial charge on any atom is -0.411 e. The Morgan fingerprint density at radius 3 is 2.61 bits per heavy atom. The third-order valence-corrected chi connectivity index (χ3v) is 9.03. The van der Waals surface area contributed by atoms with Gasteiger partial charge in [-0.1, -0.05) is 53.5 Å². The molecule has 2 fully saturated rings. The smallest absolute Gasteiger partial charge is 0.174 e. The van der Waals surface area contributed by atoms with Crippen LogP contribution in [-0.2, 0) is 9.53 Å². The lowest BCUT2D eigenvalue weighted by molar-refractivity contribution is -0.115. The Hall–Kier alpha value is -1.91. The van der Waals surface area contributed by atoms with Gasteiger partial charge in [0.15, 0.2) is 5.78 Å². The summed E-state index contributed by atoms with van der Waals surface area (Å²) < 4.78 is 6.00. The zero-order valence-electron chi connectivity index (χ0n) is 18.2. The molecule has 4 aliphatic rings. The van der Waals surface area contributed by atoms with Crippen LogP contribution in [0.2, 0.25) is 0 Å². The lowest BCUT2D eigenvalue weighted by Gasteiger charge is -2.52. The predicted octanol–water partition coefficient (Wildman–Crippen LogP) is 5.98. The van der Waals surface area contributed by atoms with Crippen molar-refractivity contribution >= 4 is 23.6 Å². The monoisotopic (exact) mass is 439 g/mol. The summed E-state index contributed by atoms with van der Waals surface area (Å²) in [5.41, 5.74) is 6.34. The summed E-state index contributed by atoms with van der Waals surface area (Å²) in [6.07, 6.45) is 8.46. The fourth-order valence-corrected chi connectivity index (χ4v) is 7.54. The van der Waals surface area contributed by atoms with Gasteiger partial charge in [0.1, 0.15) is 0 Å². The van der Waals surface area contributed by atoms with Crippen molar-refractivity contribution in [3.63, 3.8) is 0 Å². The molecule has 0 aliphatic heterocycles. The fraction of sp³-hybridized carbons (Fsp3) is 0.538. The molecule has 5 atom stereocenters. The number of ether oxygens (including phenoxy) is 1. The van der Waals surface area contributed by atoms with E-state index in [1.165, 1.54) is 29.3 Å². The van der Waals surface area contributed by atoms with Crippen molar-refractivity contribution in [2.75, 3.05) is 7.11 Å². The summed E-state index contributed by atoms with van der Waals surface area (Å²) in [4.78, 5) is 12.3. The van der Waals surface area contributed by atoms with Crippen LogP contribution < -0.4 is 0 Å². The van der Waals surface area contributed by atoms with Crippen LogP contribution in [0.5, 0.6) is 0 Å². The van der Waals surface area contributed by atoms with E-state index in [4.69, 9.17) is 21.5 Å². The number of ketones is 1. The Kier molecular flexibility index (Phi) is 5.34. The Labute approximate surface area is 189 Å². The number of allylic oxidation sites excluding steroid dienone is 4. The van der Waals surface area contributed by atoms with Gasteiger partial charge in [-0.25, -0.2) is 0 Å². The summed E-state index contributed by atoms with van der Waals surface area (Å²) in [5, 5.41) is 12.5. The number of oxime groups is 1. The van der Waals surface area contributed by atoms with E-state index < -0.39 is 0 Å². The van der Waals surface area contributed by atoms with Crippen LogP contribution >= 0.6 is 11.6 Å². The van der Waals surface area contributed by atoms with Gasteiger partial charge in [-0.3, -0.25) is 4.79 Å². The second-order valence-electron chi connectivity index (χ2n) is 9.88. The summed E-state index contributed by atoms with van der Waals surface area (Å²) in [6.45, 7) is 2.43. The number of rotatable bonds is 3. The molecule has 5 heteroatoms. The van der Waals surface area contributed by atoms with E-state index in [0.29, 0.717) is 35.3 Å². The number of methoxy groups -OCH3 is 1. The Bertz CT molecular complexity index is 992. The van der Waals surface area contributed by atoms with E-state index >= 15 is 0 Å². The molecule has 0 bridgehead atoms. The van der Waals surface area contributed by atoms with Crippen LogP contribution in [0.25, 0.3) is 0 Å². The van der Waals surface area contributed by atoms with Gasteiger partial charge in [0, 0.05) is 19.4 Å². The van der Waals surface area contributed by atoms with Crippen LogP contribution in [0.3, 0.4) is 0 Å².